The number of halogens is 1. The van der Waals surface area contributed by atoms with Crippen LogP contribution in [0.5, 0.6) is 0 Å². The Morgan fingerprint density at radius 2 is 1.95 bits per heavy atom. The molecule has 22 heavy (non-hydrogen) atoms. The largest absolute Gasteiger partial charge is 0.296 e. The maximum atomic E-state index is 13.2. The monoisotopic (exact) mass is 293 g/mol. The molecule has 5 heteroatoms. The molecule has 0 fully saturated rings. The standard InChI is InChI=1S/C17H12FN3O/c18-12-2-4-13(5-3-12)21-17-14-7-8-19-9-11(14)1-6-15(17)16(10-22)20-21/h2-5,7-10H,1,6H2. The summed E-state index contributed by atoms with van der Waals surface area (Å²) in [6.07, 6.45) is 5.96. The Hall–Kier alpha value is -2.82. The number of aryl methyl sites for hydroxylation is 1. The Balaban J connectivity index is 2.00. The lowest BCUT2D eigenvalue weighted by Crippen LogP contribution is -2.07. The Labute approximate surface area is 126 Å². The van der Waals surface area contributed by atoms with Crippen LogP contribution in [0.3, 0.4) is 0 Å². The number of carbonyl (C=O) groups is 1. The zero-order valence-corrected chi connectivity index (χ0v) is 11.7. The number of rotatable bonds is 2. The minimum Gasteiger partial charge on any atom is -0.296 e. The third-order valence-corrected chi connectivity index (χ3v) is 4.00. The molecule has 0 radical (unpaired) electrons. The predicted octanol–water partition coefficient (Wildman–Crippen LogP) is 2.98. The van der Waals surface area contributed by atoms with E-state index in [2.05, 4.69) is 10.1 Å². The van der Waals surface area contributed by atoms with Gasteiger partial charge in [0.1, 0.15) is 11.5 Å². The van der Waals surface area contributed by atoms with Crippen LogP contribution < -0.4 is 0 Å². The van der Waals surface area contributed by atoms with Crippen molar-refractivity contribution in [3.63, 3.8) is 0 Å². The fourth-order valence-electron chi connectivity index (χ4n) is 2.97. The average molecular weight is 293 g/mol. The molecule has 2 heterocycles. The number of aldehydes is 1. The van der Waals surface area contributed by atoms with E-state index < -0.39 is 0 Å². The van der Waals surface area contributed by atoms with E-state index in [-0.39, 0.29) is 5.82 Å². The van der Waals surface area contributed by atoms with Gasteiger partial charge >= 0.3 is 0 Å². The van der Waals surface area contributed by atoms with E-state index in [0.717, 1.165) is 47.2 Å². The summed E-state index contributed by atoms with van der Waals surface area (Å²) in [5, 5.41) is 4.41. The molecule has 2 aromatic heterocycles. The van der Waals surface area contributed by atoms with Crippen molar-refractivity contribution in [3.05, 3.63) is 65.4 Å². The van der Waals surface area contributed by atoms with Gasteiger partial charge in [0.2, 0.25) is 0 Å². The number of benzene rings is 1. The molecule has 0 saturated carbocycles. The van der Waals surface area contributed by atoms with Crippen molar-refractivity contribution >= 4 is 6.29 Å². The van der Waals surface area contributed by atoms with E-state index in [0.29, 0.717) is 5.69 Å². The third kappa shape index (κ3) is 1.86. The molecule has 4 rings (SSSR count). The summed E-state index contributed by atoms with van der Waals surface area (Å²) in [7, 11) is 0. The summed E-state index contributed by atoms with van der Waals surface area (Å²) < 4.78 is 14.9. The molecule has 0 saturated heterocycles. The van der Waals surface area contributed by atoms with Crippen LogP contribution in [0.25, 0.3) is 16.9 Å². The van der Waals surface area contributed by atoms with Gasteiger partial charge in [-0.1, -0.05) is 0 Å². The highest BCUT2D eigenvalue weighted by molar-refractivity contribution is 5.82. The Morgan fingerprint density at radius 1 is 1.14 bits per heavy atom. The zero-order valence-electron chi connectivity index (χ0n) is 11.7. The Bertz CT molecular complexity index is 868. The first-order valence-electron chi connectivity index (χ1n) is 7.04. The van der Waals surface area contributed by atoms with Gasteiger partial charge in [-0.05, 0) is 48.7 Å². The molecule has 1 aliphatic rings. The van der Waals surface area contributed by atoms with Crippen LogP contribution in [0.2, 0.25) is 0 Å². The van der Waals surface area contributed by atoms with Crippen molar-refractivity contribution in [1.29, 1.82) is 0 Å². The van der Waals surface area contributed by atoms with Crippen LogP contribution in [0.4, 0.5) is 4.39 Å². The SMILES string of the molecule is O=Cc1nn(-c2ccc(F)cc2)c2c1CCc1cnccc1-2. The Morgan fingerprint density at radius 3 is 2.73 bits per heavy atom. The van der Waals surface area contributed by atoms with Gasteiger partial charge in [0.05, 0.1) is 11.4 Å². The van der Waals surface area contributed by atoms with Gasteiger partial charge in [0.15, 0.2) is 6.29 Å². The minimum absolute atomic E-state index is 0.301. The fourth-order valence-corrected chi connectivity index (χ4v) is 2.97. The topological polar surface area (TPSA) is 47.8 Å². The lowest BCUT2D eigenvalue weighted by Gasteiger charge is -2.18. The van der Waals surface area contributed by atoms with Crippen LogP contribution >= 0.6 is 0 Å². The first-order valence-corrected chi connectivity index (χ1v) is 7.04. The quantitative estimate of drug-likeness (QED) is 0.682. The molecule has 0 unspecified atom stereocenters. The first-order chi connectivity index (χ1) is 10.8. The highest BCUT2D eigenvalue weighted by atomic mass is 19.1. The van der Waals surface area contributed by atoms with Crippen LogP contribution in [0, 0.1) is 5.82 Å². The van der Waals surface area contributed by atoms with Gasteiger partial charge in [-0.2, -0.15) is 5.10 Å². The lowest BCUT2D eigenvalue weighted by atomic mass is 9.90. The molecule has 0 amide bonds. The fraction of sp³-hybridized carbons (Fsp3) is 0.118. The Kier molecular flexibility index (Phi) is 2.85. The van der Waals surface area contributed by atoms with Crippen molar-refractivity contribution in [2.45, 2.75) is 12.8 Å². The molecule has 0 bridgehead atoms. The highest BCUT2D eigenvalue weighted by Gasteiger charge is 2.25. The molecular formula is C17H12FN3O. The van der Waals surface area contributed by atoms with Gasteiger partial charge in [0.25, 0.3) is 0 Å². The van der Waals surface area contributed by atoms with Gasteiger partial charge in [-0.3, -0.25) is 9.78 Å². The maximum absolute atomic E-state index is 13.2. The van der Waals surface area contributed by atoms with Gasteiger partial charge in [0, 0.05) is 23.5 Å². The molecule has 0 atom stereocenters. The summed E-state index contributed by atoms with van der Waals surface area (Å²) in [4.78, 5) is 15.5. The number of hydrogen-bond acceptors (Lipinski definition) is 3. The second-order valence-corrected chi connectivity index (χ2v) is 5.25. The van der Waals surface area contributed by atoms with Crippen LogP contribution in [0.15, 0.2) is 42.7 Å². The van der Waals surface area contributed by atoms with Crippen LogP contribution in [0.1, 0.15) is 21.6 Å². The molecule has 1 aliphatic carbocycles. The summed E-state index contributed by atoms with van der Waals surface area (Å²) in [6, 6.07) is 8.03. The minimum atomic E-state index is -0.301. The molecule has 0 aliphatic heterocycles. The molecule has 1 aromatic carbocycles. The van der Waals surface area contributed by atoms with E-state index >= 15 is 0 Å². The number of fused-ring (bicyclic) bond motifs is 3. The number of carbonyl (C=O) groups excluding carboxylic acids is 1. The molecule has 4 nitrogen and oxygen atoms in total. The molecule has 3 aromatic rings. The molecule has 0 N–H and O–H groups in total. The average Bonchev–Trinajstić information content (AvgIpc) is 2.95. The number of pyridine rings is 1. The van der Waals surface area contributed by atoms with Crippen molar-refractivity contribution in [2.24, 2.45) is 0 Å². The second kappa shape index (κ2) is 4.87. The van der Waals surface area contributed by atoms with E-state index in [1.165, 1.54) is 12.1 Å². The number of hydrogen-bond donors (Lipinski definition) is 0. The van der Waals surface area contributed by atoms with Crippen molar-refractivity contribution in [1.82, 2.24) is 14.8 Å². The smallest absolute Gasteiger partial charge is 0.170 e. The van der Waals surface area contributed by atoms with Gasteiger partial charge in [-0.15, -0.1) is 0 Å². The van der Waals surface area contributed by atoms with E-state index in [1.54, 1.807) is 23.0 Å². The van der Waals surface area contributed by atoms with Crippen molar-refractivity contribution < 1.29 is 9.18 Å². The summed E-state index contributed by atoms with van der Waals surface area (Å²) in [5.74, 6) is -0.301. The second-order valence-electron chi connectivity index (χ2n) is 5.25. The van der Waals surface area contributed by atoms with E-state index in [9.17, 15) is 9.18 Å². The normalized spacial score (nSPS) is 12.6. The zero-order chi connectivity index (χ0) is 15.1. The van der Waals surface area contributed by atoms with Crippen molar-refractivity contribution in [2.75, 3.05) is 0 Å². The van der Waals surface area contributed by atoms with Gasteiger partial charge < -0.3 is 0 Å². The van der Waals surface area contributed by atoms with Crippen molar-refractivity contribution in [3.8, 4) is 16.9 Å². The highest BCUT2D eigenvalue weighted by Crippen LogP contribution is 2.35. The third-order valence-electron chi connectivity index (χ3n) is 4.00. The van der Waals surface area contributed by atoms with E-state index in [4.69, 9.17) is 0 Å². The summed E-state index contributed by atoms with van der Waals surface area (Å²) in [6.45, 7) is 0. The van der Waals surface area contributed by atoms with E-state index in [1.807, 2.05) is 12.3 Å². The predicted molar refractivity (Wildman–Crippen MR) is 79.5 cm³/mol. The first kappa shape index (κ1) is 12.9. The molecular weight excluding hydrogens is 281 g/mol. The van der Waals surface area contributed by atoms with Crippen LogP contribution in [-0.4, -0.2) is 21.1 Å². The van der Waals surface area contributed by atoms with Gasteiger partial charge in [-0.25, -0.2) is 9.07 Å². The lowest BCUT2D eigenvalue weighted by molar-refractivity contribution is 0.111. The summed E-state index contributed by atoms with van der Waals surface area (Å²) >= 11 is 0. The summed E-state index contributed by atoms with van der Waals surface area (Å²) in [5.41, 5.74) is 5.18. The molecule has 108 valence electrons. The number of nitrogens with zero attached hydrogens (tertiary/aromatic N) is 3. The number of aromatic nitrogens is 3. The maximum Gasteiger partial charge on any atom is 0.170 e. The van der Waals surface area contributed by atoms with Crippen LogP contribution in [-0.2, 0) is 12.8 Å². The molecule has 0 spiro atoms.